The number of rotatable bonds is 2. The van der Waals surface area contributed by atoms with Gasteiger partial charge in [-0.15, -0.1) is 0 Å². The lowest BCUT2D eigenvalue weighted by molar-refractivity contribution is -0.129. The third kappa shape index (κ3) is 3.91. The molecule has 6 heteroatoms. The van der Waals surface area contributed by atoms with Crippen LogP contribution in [0.4, 0.5) is 5.95 Å². The van der Waals surface area contributed by atoms with E-state index in [-0.39, 0.29) is 17.4 Å². The van der Waals surface area contributed by atoms with Crippen molar-refractivity contribution in [1.29, 1.82) is 0 Å². The summed E-state index contributed by atoms with van der Waals surface area (Å²) in [4.78, 5) is 22.7. The summed E-state index contributed by atoms with van der Waals surface area (Å²) in [6.45, 7) is 7.56. The van der Waals surface area contributed by atoms with Gasteiger partial charge in [0.2, 0.25) is 11.9 Å². The highest BCUT2D eigenvalue weighted by Crippen LogP contribution is 2.19. The molecule has 0 atom stereocenters. The molecule has 1 aromatic heterocycles. The molecule has 1 aromatic rings. The van der Waals surface area contributed by atoms with Gasteiger partial charge in [-0.2, -0.15) is 0 Å². The minimum Gasteiger partial charge on any atom is -0.353 e. The number of hydrogen-bond donors (Lipinski definition) is 1. The zero-order valence-electron chi connectivity index (χ0n) is 12.2. The zero-order chi connectivity index (χ0) is 14.8. The van der Waals surface area contributed by atoms with Crippen molar-refractivity contribution in [3.63, 3.8) is 0 Å². The van der Waals surface area contributed by atoms with Crippen LogP contribution in [0.5, 0.6) is 0 Å². The van der Waals surface area contributed by atoms with E-state index in [1.165, 1.54) is 0 Å². The van der Waals surface area contributed by atoms with Crippen LogP contribution < -0.4 is 10.2 Å². The van der Waals surface area contributed by atoms with Crippen molar-refractivity contribution in [2.75, 3.05) is 18.0 Å². The van der Waals surface area contributed by atoms with Crippen molar-refractivity contribution >= 4 is 27.8 Å². The SMILES string of the molecule is CC(C)(C)C(=O)NC1CCN(c2ncc(Br)cn2)CC1. The number of piperidine rings is 1. The summed E-state index contributed by atoms with van der Waals surface area (Å²) in [6.07, 6.45) is 5.38. The number of halogens is 1. The number of nitrogens with zero attached hydrogens (tertiary/aromatic N) is 3. The molecule has 20 heavy (non-hydrogen) atoms. The van der Waals surface area contributed by atoms with Crippen LogP contribution in [0.3, 0.4) is 0 Å². The first kappa shape index (κ1) is 15.2. The highest BCUT2D eigenvalue weighted by Gasteiger charge is 2.27. The zero-order valence-corrected chi connectivity index (χ0v) is 13.8. The summed E-state index contributed by atoms with van der Waals surface area (Å²) in [5.74, 6) is 0.879. The van der Waals surface area contributed by atoms with Crippen LogP contribution >= 0.6 is 15.9 Å². The Kier molecular flexibility index (Phi) is 4.62. The van der Waals surface area contributed by atoms with Crippen LogP contribution in [-0.4, -0.2) is 35.0 Å². The second-order valence-electron chi connectivity index (χ2n) is 6.19. The standard InChI is InChI=1S/C14H21BrN4O/c1-14(2,3)12(20)18-11-4-6-19(7-5-11)13-16-8-10(15)9-17-13/h8-9,11H,4-7H2,1-3H3,(H,18,20). The lowest BCUT2D eigenvalue weighted by Crippen LogP contribution is -2.48. The number of carbonyl (C=O) groups is 1. The minimum atomic E-state index is -0.327. The maximum atomic E-state index is 12.0. The van der Waals surface area contributed by atoms with Gasteiger partial charge in [0.05, 0.1) is 4.47 Å². The molecule has 0 bridgehead atoms. The topological polar surface area (TPSA) is 58.1 Å². The van der Waals surface area contributed by atoms with Gasteiger partial charge in [0.15, 0.2) is 0 Å². The molecule has 0 radical (unpaired) electrons. The van der Waals surface area contributed by atoms with Crippen molar-refractivity contribution in [3.8, 4) is 0 Å². The van der Waals surface area contributed by atoms with Gasteiger partial charge >= 0.3 is 0 Å². The summed E-state index contributed by atoms with van der Waals surface area (Å²) in [5, 5.41) is 3.13. The number of carbonyl (C=O) groups excluding carboxylic acids is 1. The van der Waals surface area contributed by atoms with Crippen LogP contribution in [0.15, 0.2) is 16.9 Å². The lowest BCUT2D eigenvalue weighted by atomic mass is 9.94. The molecule has 5 nitrogen and oxygen atoms in total. The Morgan fingerprint density at radius 2 is 1.85 bits per heavy atom. The third-order valence-electron chi connectivity index (χ3n) is 3.40. The van der Waals surface area contributed by atoms with Gasteiger partial charge in [-0.1, -0.05) is 20.8 Å². The highest BCUT2D eigenvalue weighted by molar-refractivity contribution is 9.10. The molecule has 1 aliphatic heterocycles. The summed E-state index contributed by atoms with van der Waals surface area (Å²) >= 11 is 3.33. The molecule has 1 aliphatic rings. The van der Waals surface area contributed by atoms with Crippen LogP contribution in [-0.2, 0) is 4.79 Å². The molecule has 1 N–H and O–H groups in total. The lowest BCUT2D eigenvalue weighted by Gasteiger charge is -2.33. The Bertz CT molecular complexity index is 461. The molecule has 1 saturated heterocycles. The largest absolute Gasteiger partial charge is 0.353 e. The van der Waals surface area contributed by atoms with Crippen LogP contribution in [0.25, 0.3) is 0 Å². The maximum absolute atomic E-state index is 12.0. The summed E-state index contributed by atoms with van der Waals surface area (Å²) < 4.78 is 0.883. The predicted molar refractivity (Wildman–Crippen MR) is 82.6 cm³/mol. The van der Waals surface area contributed by atoms with Gasteiger partial charge in [-0.25, -0.2) is 9.97 Å². The van der Waals surface area contributed by atoms with Gasteiger partial charge in [-0.3, -0.25) is 4.79 Å². The molecule has 0 saturated carbocycles. The predicted octanol–water partition coefficient (Wildman–Crippen LogP) is 2.37. The quantitative estimate of drug-likeness (QED) is 0.897. The van der Waals surface area contributed by atoms with E-state index >= 15 is 0 Å². The van der Waals surface area contributed by atoms with E-state index in [2.05, 4.69) is 36.1 Å². The average Bonchev–Trinajstić information content (AvgIpc) is 2.39. The molecule has 2 rings (SSSR count). The van der Waals surface area contributed by atoms with E-state index in [9.17, 15) is 4.79 Å². The average molecular weight is 341 g/mol. The van der Waals surface area contributed by atoms with Crippen LogP contribution in [0.1, 0.15) is 33.6 Å². The first-order valence-electron chi connectivity index (χ1n) is 6.90. The van der Waals surface area contributed by atoms with Gasteiger partial charge in [0.25, 0.3) is 0 Å². The normalized spacial score (nSPS) is 17.1. The number of aromatic nitrogens is 2. The number of anilines is 1. The summed E-state index contributed by atoms with van der Waals surface area (Å²) in [5.41, 5.74) is -0.327. The molecule has 2 heterocycles. The smallest absolute Gasteiger partial charge is 0.225 e. The molecule has 1 fully saturated rings. The third-order valence-corrected chi connectivity index (χ3v) is 3.81. The Morgan fingerprint density at radius 1 is 1.30 bits per heavy atom. The fourth-order valence-corrected chi connectivity index (χ4v) is 2.30. The van der Waals surface area contributed by atoms with Crippen molar-refractivity contribution in [2.45, 2.75) is 39.7 Å². The monoisotopic (exact) mass is 340 g/mol. The Morgan fingerprint density at radius 3 is 2.35 bits per heavy atom. The second-order valence-corrected chi connectivity index (χ2v) is 7.10. The Hall–Kier alpha value is -1.17. The molecule has 1 amide bonds. The van der Waals surface area contributed by atoms with Crippen LogP contribution in [0, 0.1) is 5.41 Å². The minimum absolute atomic E-state index is 0.121. The summed E-state index contributed by atoms with van der Waals surface area (Å²) in [6, 6.07) is 0.258. The van der Waals surface area contributed by atoms with E-state index in [0.29, 0.717) is 0 Å². The molecule has 110 valence electrons. The first-order chi connectivity index (χ1) is 9.36. The van der Waals surface area contributed by atoms with Crippen molar-refractivity contribution in [2.24, 2.45) is 5.41 Å². The molecule has 0 unspecified atom stereocenters. The van der Waals surface area contributed by atoms with Gasteiger partial charge in [0.1, 0.15) is 0 Å². The van der Waals surface area contributed by atoms with E-state index in [1.54, 1.807) is 12.4 Å². The fraction of sp³-hybridized carbons (Fsp3) is 0.643. The van der Waals surface area contributed by atoms with Gasteiger partial charge in [0, 0.05) is 36.9 Å². The molecule has 0 spiro atoms. The van der Waals surface area contributed by atoms with Crippen LogP contribution in [0.2, 0.25) is 0 Å². The van der Waals surface area contributed by atoms with Gasteiger partial charge < -0.3 is 10.2 Å². The molecule has 0 aromatic carbocycles. The summed E-state index contributed by atoms with van der Waals surface area (Å²) in [7, 11) is 0. The second kappa shape index (κ2) is 6.08. The first-order valence-corrected chi connectivity index (χ1v) is 7.69. The molecular weight excluding hydrogens is 320 g/mol. The maximum Gasteiger partial charge on any atom is 0.225 e. The Labute approximate surface area is 128 Å². The fourth-order valence-electron chi connectivity index (χ4n) is 2.09. The number of hydrogen-bond acceptors (Lipinski definition) is 4. The van der Waals surface area contributed by atoms with E-state index in [1.807, 2.05) is 20.8 Å². The number of nitrogens with one attached hydrogen (secondary N) is 1. The number of amides is 1. The van der Waals surface area contributed by atoms with E-state index in [0.717, 1.165) is 36.4 Å². The molecular formula is C14H21BrN4O. The van der Waals surface area contributed by atoms with Crippen molar-refractivity contribution < 1.29 is 4.79 Å². The molecule has 0 aliphatic carbocycles. The van der Waals surface area contributed by atoms with Gasteiger partial charge in [-0.05, 0) is 28.8 Å². The van der Waals surface area contributed by atoms with Crippen molar-refractivity contribution in [3.05, 3.63) is 16.9 Å². The van der Waals surface area contributed by atoms with Crippen molar-refractivity contribution in [1.82, 2.24) is 15.3 Å². The Balaban J connectivity index is 1.86. The van der Waals surface area contributed by atoms with E-state index < -0.39 is 0 Å². The van der Waals surface area contributed by atoms with E-state index in [4.69, 9.17) is 0 Å². The highest BCUT2D eigenvalue weighted by atomic mass is 79.9.